The van der Waals surface area contributed by atoms with E-state index >= 15 is 0 Å². The van der Waals surface area contributed by atoms with Crippen LogP contribution in [0.1, 0.15) is 30.9 Å². The molecular weight excluding hydrogens is 278 g/mol. The fourth-order valence-electron chi connectivity index (χ4n) is 3.26. The maximum Gasteiger partial charge on any atom is 0.165 e. The topological polar surface area (TPSA) is 100 Å². The first kappa shape index (κ1) is 13.3. The van der Waals surface area contributed by atoms with Crippen LogP contribution in [-0.4, -0.2) is 30.4 Å². The summed E-state index contributed by atoms with van der Waals surface area (Å²) >= 11 is 0. The summed E-state index contributed by atoms with van der Waals surface area (Å²) in [5, 5.41) is 8.57. The Balaban J connectivity index is 1.85. The molecule has 4 N–H and O–H groups in total. The van der Waals surface area contributed by atoms with Gasteiger partial charge in [-0.2, -0.15) is 14.7 Å². The quantitative estimate of drug-likeness (QED) is 0.742. The molecule has 3 heterocycles. The van der Waals surface area contributed by atoms with Crippen LogP contribution in [0.3, 0.4) is 0 Å². The summed E-state index contributed by atoms with van der Waals surface area (Å²) in [6, 6.07) is 2.20. The Morgan fingerprint density at radius 3 is 2.77 bits per heavy atom. The zero-order chi connectivity index (χ0) is 15.3. The van der Waals surface area contributed by atoms with Crippen LogP contribution in [0, 0.1) is 0 Å². The molecule has 2 atom stereocenters. The molecule has 0 bridgehead atoms. The molecule has 7 nitrogen and oxygen atoms in total. The van der Waals surface area contributed by atoms with Gasteiger partial charge in [-0.15, -0.1) is 0 Å². The van der Waals surface area contributed by atoms with E-state index in [1.165, 1.54) is 0 Å². The summed E-state index contributed by atoms with van der Waals surface area (Å²) in [6.07, 6.45) is 8.64. The summed E-state index contributed by atoms with van der Waals surface area (Å²) < 4.78 is 3.45. The zero-order valence-electron chi connectivity index (χ0n) is 12.5. The van der Waals surface area contributed by atoms with Crippen LogP contribution in [0.5, 0.6) is 0 Å². The molecule has 0 aliphatic heterocycles. The molecule has 3 aromatic rings. The molecule has 3 aromatic heterocycles. The molecule has 1 fully saturated rings. The third-order valence-electron chi connectivity index (χ3n) is 4.43. The van der Waals surface area contributed by atoms with Gasteiger partial charge < -0.3 is 11.5 Å². The largest absolute Gasteiger partial charge is 0.384 e. The average molecular weight is 297 g/mol. The lowest BCUT2D eigenvalue weighted by atomic mass is 10.0. The number of nitrogens with two attached hydrogens (primary N) is 2. The fraction of sp³-hybridized carbons (Fsp3) is 0.400. The van der Waals surface area contributed by atoms with Gasteiger partial charge in [-0.1, -0.05) is 0 Å². The number of nitrogen functional groups attached to an aromatic ring is 1. The minimum absolute atomic E-state index is 0.270. The number of nitrogens with zero attached hydrogens (tertiary/aromatic N) is 5. The van der Waals surface area contributed by atoms with Gasteiger partial charge in [0.1, 0.15) is 5.82 Å². The van der Waals surface area contributed by atoms with E-state index in [9.17, 15) is 0 Å². The first-order chi connectivity index (χ1) is 10.6. The highest BCUT2D eigenvalue weighted by molar-refractivity contribution is 5.77. The summed E-state index contributed by atoms with van der Waals surface area (Å²) in [4.78, 5) is 4.83. The van der Waals surface area contributed by atoms with E-state index < -0.39 is 0 Å². The predicted molar refractivity (Wildman–Crippen MR) is 84.2 cm³/mol. The second kappa shape index (κ2) is 4.81. The maximum atomic E-state index is 6.16. The Labute approximate surface area is 127 Å². The van der Waals surface area contributed by atoms with Crippen molar-refractivity contribution in [3.05, 3.63) is 30.4 Å². The summed E-state index contributed by atoms with van der Waals surface area (Å²) in [5.41, 5.74) is 15.9. The highest BCUT2D eigenvalue weighted by Gasteiger charge is 2.25. The first-order valence-electron chi connectivity index (χ1n) is 7.50. The van der Waals surface area contributed by atoms with Crippen molar-refractivity contribution in [2.24, 2.45) is 12.8 Å². The molecule has 0 amide bonds. The molecule has 0 spiro atoms. The Bertz CT molecular complexity index is 832. The highest BCUT2D eigenvalue weighted by Crippen LogP contribution is 2.34. The van der Waals surface area contributed by atoms with Crippen molar-refractivity contribution in [1.29, 1.82) is 0 Å². The van der Waals surface area contributed by atoms with Crippen molar-refractivity contribution in [2.75, 3.05) is 5.73 Å². The van der Waals surface area contributed by atoms with Crippen molar-refractivity contribution >= 4 is 11.5 Å². The van der Waals surface area contributed by atoms with Gasteiger partial charge in [-0.3, -0.25) is 4.68 Å². The smallest absolute Gasteiger partial charge is 0.165 e. The van der Waals surface area contributed by atoms with Crippen molar-refractivity contribution in [3.63, 3.8) is 0 Å². The van der Waals surface area contributed by atoms with E-state index in [1.54, 1.807) is 15.4 Å². The van der Waals surface area contributed by atoms with E-state index in [1.807, 2.05) is 25.5 Å². The second-order valence-electron chi connectivity index (χ2n) is 6.07. The van der Waals surface area contributed by atoms with Gasteiger partial charge in [-0.05, 0) is 19.3 Å². The van der Waals surface area contributed by atoms with Gasteiger partial charge in [0.15, 0.2) is 5.65 Å². The summed E-state index contributed by atoms with van der Waals surface area (Å²) in [7, 11) is 1.89. The third-order valence-corrected chi connectivity index (χ3v) is 4.43. The molecule has 1 aliphatic rings. The van der Waals surface area contributed by atoms with Crippen LogP contribution in [0.4, 0.5) is 5.82 Å². The van der Waals surface area contributed by atoms with Crippen molar-refractivity contribution in [2.45, 2.75) is 31.2 Å². The molecule has 1 aliphatic carbocycles. The van der Waals surface area contributed by atoms with Crippen LogP contribution in [0.25, 0.3) is 16.8 Å². The van der Waals surface area contributed by atoms with E-state index in [2.05, 4.69) is 10.2 Å². The van der Waals surface area contributed by atoms with Crippen molar-refractivity contribution in [3.8, 4) is 11.1 Å². The molecule has 4 rings (SSSR count). The van der Waals surface area contributed by atoms with Gasteiger partial charge in [-0.25, -0.2) is 4.98 Å². The second-order valence-corrected chi connectivity index (χ2v) is 6.07. The predicted octanol–water partition coefficient (Wildman–Crippen LogP) is 1.31. The summed E-state index contributed by atoms with van der Waals surface area (Å²) in [6.45, 7) is 0. The average Bonchev–Trinajstić information content (AvgIpc) is 3.18. The lowest BCUT2D eigenvalue weighted by molar-refractivity contribution is 0.661. The standard InChI is InChI=1S/C15H19N7/c1-21-8-10(6-18-21)12-7-19-22-14(17)5-13(20-15(12)22)9-2-3-11(16)4-9/h5-9,11H,2-4,16-17H2,1H3/t9-,11?/m1/s1. The van der Waals surface area contributed by atoms with Crippen molar-refractivity contribution in [1.82, 2.24) is 24.4 Å². The zero-order valence-corrected chi connectivity index (χ0v) is 12.5. The third kappa shape index (κ3) is 2.05. The lowest BCUT2D eigenvalue weighted by Gasteiger charge is -2.11. The number of aromatic nitrogens is 5. The number of hydrogen-bond donors (Lipinski definition) is 2. The molecule has 0 radical (unpaired) electrons. The fourth-order valence-corrected chi connectivity index (χ4v) is 3.26. The van der Waals surface area contributed by atoms with Crippen LogP contribution in [-0.2, 0) is 7.05 Å². The van der Waals surface area contributed by atoms with E-state index in [0.29, 0.717) is 11.7 Å². The van der Waals surface area contributed by atoms with Crippen molar-refractivity contribution < 1.29 is 0 Å². The molecule has 114 valence electrons. The Morgan fingerprint density at radius 1 is 1.23 bits per heavy atom. The van der Waals surface area contributed by atoms with Gasteiger partial charge in [0.2, 0.25) is 0 Å². The number of aryl methyl sites for hydroxylation is 1. The SMILES string of the molecule is Cn1cc(-c2cnn3c(N)cc([C@@H]4CCC(N)C4)nc23)cn1. The highest BCUT2D eigenvalue weighted by atomic mass is 15.3. The van der Waals surface area contributed by atoms with E-state index in [4.69, 9.17) is 16.5 Å². The van der Waals surface area contributed by atoms with Gasteiger partial charge in [0, 0.05) is 48.1 Å². The Morgan fingerprint density at radius 2 is 2.09 bits per heavy atom. The van der Waals surface area contributed by atoms with Crippen LogP contribution < -0.4 is 11.5 Å². The van der Waals surface area contributed by atoms with Crippen LogP contribution >= 0.6 is 0 Å². The molecule has 0 aromatic carbocycles. The lowest BCUT2D eigenvalue weighted by Crippen LogP contribution is -2.15. The van der Waals surface area contributed by atoms with Gasteiger partial charge in [0.25, 0.3) is 0 Å². The monoisotopic (exact) mass is 297 g/mol. The first-order valence-corrected chi connectivity index (χ1v) is 7.50. The number of hydrogen-bond acceptors (Lipinski definition) is 5. The molecule has 1 unspecified atom stereocenters. The molecule has 0 saturated heterocycles. The Kier molecular flexibility index (Phi) is 2.90. The molecule has 22 heavy (non-hydrogen) atoms. The minimum atomic E-state index is 0.270. The number of anilines is 1. The maximum absolute atomic E-state index is 6.16. The van der Waals surface area contributed by atoms with E-state index in [0.717, 1.165) is 41.7 Å². The van der Waals surface area contributed by atoms with Crippen LogP contribution in [0.15, 0.2) is 24.7 Å². The van der Waals surface area contributed by atoms with E-state index in [-0.39, 0.29) is 6.04 Å². The summed E-state index contributed by atoms with van der Waals surface area (Å²) in [5.74, 6) is 0.995. The minimum Gasteiger partial charge on any atom is -0.384 e. The van der Waals surface area contributed by atoms with Gasteiger partial charge in [0.05, 0.1) is 12.4 Å². The molecular formula is C15H19N7. The van der Waals surface area contributed by atoms with Crippen LogP contribution in [0.2, 0.25) is 0 Å². The normalized spacial score (nSPS) is 21.7. The molecule has 7 heteroatoms. The molecule has 1 saturated carbocycles. The van der Waals surface area contributed by atoms with Gasteiger partial charge >= 0.3 is 0 Å². The Hall–Kier alpha value is -2.41. The number of rotatable bonds is 2. The number of fused-ring (bicyclic) bond motifs is 1.